The van der Waals surface area contributed by atoms with E-state index in [0.29, 0.717) is 6.61 Å². The molecule has 0 spiro atoms. The van der Waals surface area contributed by atoms with Crippen LogP contribution in [0.3, 0.4) is 0 Å². The van der Waals surface area contributed by atoms with Gasteiger partial charge in [-0.3, -0.25) is 0 Å². The number of fused-ring (bicyclic) bond motifs is 3. The number of nitrogens with zero attached hydrogens (tertiary/aromatic N) is 2. The van der Waals surface area contributed by atoms with Gasteiger partial charge in [0.2, 0.25) is 6.23 Å². The van der Waals surface area contributed by atoms with E-state index in [9.17, 15) is 0 Å². The van der Waals surface area contributed by atoms with Crippen LogP contribution in [-0.4, -0.2) is 10.7 Å². The summed E-state index contributed by atoms with van der Waals surface area (Å²) in [7, 11) is 0. The molecule has 6 rings (SSSR count). The predicted molar refractivity (Wildman–Crippen MR) is 137 cm³/mol. The topological polar surface area (TPSA) is 34.1 Å². The molecule has 0 unspecified atom stereocenters. The van der Waals surface area contributed by atoms with Crippen molar-refractivity contribution in [2.45, 2.75) is 25.3 Å². The van der Waals surface area contributed by atoms with Crippen LogP contribution in [0.5, 0.6) is 11.5 Å². The van der Waals surface area contributed by atoms with Crippen LogP contribution in [-0.2, 0) is 6.61 Å². The van der Waals surface area contributed by atoms with Crippen LogP contribution in [0.1, 0.15) is 40.9 Å². The van der Waals surface area contributed by atoms with Gasteiger partial charge >= 0.3 is 0 Å². The SMILES string of the molecule is Brc1ccc2c(c1)[C@@H]1CC(c3ccccc3)=NN1[C@@H](c1ccc(OCc3ccccc3)cc1)O2. The molecule has 2 aliphatic heterocycles. The van der Waals surface area contributed by atoms with E-state index < -0.39 is 0 Å². The predicted octanol–water partition coefficient (Wildman–Crippen LogP) is 7.27. The van der Waals surface area contributed by atoms with Crippen LogP contribution in [0.2, 0.25) is 0 Å². The fraction of sp³-hybridized carbons (Fsp3) is 0.138. The van der Waals surface area contributed by atoms with Crippen LogP contribution < -0.4 is 9.47 Å². The molecule has 4 nitrogen and oxygen atoms in total. The third-order valence-corrected chi connectivity index (χ3v) is 6.77. The Kier molecular flexibility index (Phi) is 5.55. The molecule has 0 N–H and O–H groups in total. The lowest BCUT2D eigenvalue weighted by atomic mass is 9.96. The van der Waals surface area contributed by atoms with E-state index in [1.54, 1.807) is 0 Å². The average Bonchev–Trinajstić information content (AvgIpc) is 3.35. The third-order valence-electron chi connectivity index (χ3n) is 6.27. The van der Waals surface area contributed by atoms with Gasteiger partial charge in [0.15, 0.2) is 0 Å². The molecular formula is C29H23BrN2O2. The van der Waals surface area contributed by atoms with Crippen LogP contribution in [0.15, 0.2) is 113 Å². The first-order valence-corrected chi connectivity index (χ1v) is 12.2. The molecule has 4 aromatic carbocycles. The van der Waals surface area contributed by atoms with E-state index in [0.717, 1.165) is 50.4 Å². The summed E-state index contributed by atoms with van der Waals surface area (Å²) < 4.78 is 13.5. The highest BCUT2D eigenvalue weighted by Gasteiger charge is 2.41. The van der Waals surface area contributed by atoms with Gasteiger partial charge in [0.05, 0.1) is 11.8 Å². The van der Waals surface area contributed by atoms with E-state index in [1.807, 2.05) is 48.5 Å². The van der Waals surface area contributed by atoms with Gasteiger partial charge in [0.1, 0.15) is 18.1 Å². The maximum Gasteiger partial charge on any atom is 0.213 e. The van der Waals surface area contributed by atoms with Crippen LogP contribution in [0.25, 0.3) is 0 Å². The minimum Gasteiger partial charge on any atom is -0.489 e. The first kappa shape index (κ1) is 21.0. The summed E-state index contributed by atoms with van der Waals surface area (Å²) in [6, 6.07) is 35.1. The van der Waals surface area contributed by atoms with Crippen molar-refractivity contribution in [3.05, 3.63) is 130 Å². The number of rotatable bonds is 5. The maximum absolute atomic E-state index is 6.50. The van der Waals surface area contributed by atoms with Gasteiger partial charge in [0, 0.05) is 22.0 Å². The lowest BCUT2D eigenvalue weighted by Crippen LogP contribution is -2.33. The van der Waals surface area contributed by atoms with Crippen molar-refractivity contribution >= 4 is 21.6 Å². The molecule has 5 heteroatoms. The molecule has 168 valence electrons. The number of hydrogen-bond donors (Lipinski definition) is 0. The molecule has 0 amide bonds. The highest BCUT2D eigenvalue weighted by Crippen LogP contribution is 2.48. The Morgan fingerprint density at radius 1 is 0.882 bits per heavy atom. The number of ether oxygens (including phenoxy) is 2. The minimum atomic E-state index is -0.303. The smallest absolute Gasteiger partial charge is 0.213 e. The van der Waals surface area contributed by atoms with Gasteiger partial charge in [-0.25, -0.2) is 5.01 Å². The summed E-state index contributed by atoms with van der Waals surface area (Å²) in [6.45, 7) is 0.543. The van der Waals surface area contributed by atoms with E-state index in [1.165, 1.54) is 0 Å². The Hall–Kier alpha value is -3.57. The Bertz CT molecular complexity index is 1320. The number of hydrogen-bond acceptors (Lipinski definition) is 4. The molecule has 2 heterocycles. The molecule has 0 aromatic heterocycles. The molecule has 0 saturated carbocycles. The summed E-state index contributed by atoms with van der Waals surface area (Å²) in [6.07, 6.45) is 0.536. The van der Waals surface area contributed by atoms with Crippen LogP contribution >= 0.6 is 15.9 Å². The molecule has 0 bridgehead atoms. The summed E-state index contributed by atoms with van der Waals surface area (Å²) in [5.74, 6) is 1.74. The normalized spacial score (nSPS) is 18.5. The zero-order valence-corrected chi connectivity index (χ0v) is 20.1. The molecule has 0 radical (unpaired) electrons. The van der Waals surface area contributed by atoms with Crippen molar-refractivity contribution in [3.8, 4) is 11.5 Å². The molecule has 4 aromatic rings. The first-order chi connectivity index (χ1) is 16.7. The molecular weight excluding hydrogens is 488 g/mol. The molecule has 2 aliphatic rings. The lowest BCUT2D eigenvalue weighted by molar-refractivity contribution is -0.0191. The van der Waals surface area contributed by atoms with Gasteiger partial charge in [0.25, 0.3) is 0 Å². The number of hydrazone groups is 1. The van der Waals surface area contributed by atoms with Gasteiger partial charge in [-0.15, -0.1) is 0 Å². The molecule has 0 saturated heterocycles. The summed E-state index contributed by atoms with van der Waals surface area (Å²) >= 11 is 3.62. The Morgan fingerprint density at radius 2 is 1.62 bits per heavy atom. The molecule has 0 aliphatic carbocycles. The van der Waals surface area contributed by atoms with Gasteiger partial charge in [-0.2, -0.15) is 5.10 Å². The van der Waals surface area contributed by atoms with E-state index in [4.69, 9.17) is 14.6 Å². The van der Waals surface area contributed by atoms with Crippen molar-refractivity contribution in [3.63, 3.8) is 0 Å². The van der Waals surface area contributed by atoms with E-state index >= 15 is 0 Å². The highest BCUT2D eigenvalue weighted by molar-refractivity contribution is 9.10. The van der Waals surface area contributed by atoms with Crippen LogP contribution in [0.4, 0.5) is 0 Å². The number of halogens is 1. The van der Waals surface area contributed by atoms with Crippen molar-refractivity contribution in [2.75, 3.05) is 0 Å². The quantitative estimate of drug-likeness (QED) is 0.283. The summed E-state index contributed by atoms with van der Waals surface area (Å²) in [5.41, 5.74) is 5.58. The number of benzene rings is 4. The van der Waals surface area contributed by atoms with Gasteiger partial charge < -0.3 is 9.47 Å². The lowest BCUT2D eigenvalue weighted by Gasteiger charge is -2.38. The summed E-state index contributed by atoms with van der Waals surface area (Å²) in [5, 5.41) is 7.15. The van der Waals surface area contributed by atoms with Gasteiger partial charge in [-0.1, -0.05) is 76.6 Å². The molecule has 34 heavy (non-hydrogen) atoms. The molecule has 0 fully saturated rings. The zero-order valence-electron chi connectivity index (χ0n) is 18.5. The Labute approximate surface area is 207 Å². The molecule has 2 atom stereocenters. The second-order valence-electron chi connectivity index (χ2n) is 8.51. The zero-order chi connectivity index (χ0) is 22.9. The maximum atomic E-state index is 6.50. The van der Waals surface area contributed by atoms with E-state index in [-0.39, 0.29) is 12.3 Å². The van der Waals surface area contributed by atoms with Crippen LogP contribution in [0, 0.1) is 0 Å². The van der Waals surface area contributed by atoms with Crippen molar-refractivity contribution in [1.82, 2.24) is 5.01 Å². The fourth-order valence-electron chi connectivity index (χ4n) is 4.55. The van der Waals surface area contributed by atoms with Crippen molar-refractivity contribution < 1.29 is 9.47 Å². The first-order valence-electron chi connectivity index (χ1n) is 11.4. The highest BCUT2D eigenvalue weighted by atomic mass is 79.9. The third kappa shape index (κ3) is 4.08. The standard InChI is InChI=1S/C29H23BrN2O2/c30-23-13-16-28-25(17-23)27-18-26(21-9-5-2-6-10-21)31-32(27)29(34-28)22-11-14-24(15-12-22)33-19-20-7-3-1-4-8-20/h1-17,27,29H,18-19H2/t27-,29+/m0/s1. The van der Waals surface area contributed by atoms with Gasteiger partial charge in [-0.05, 0) is 53.6 Å². The Balaban J connectivity index is 1.29. The monoisotopic (exact) mass is 510 g/mol. The summed E-state index contributed by atoms with van der Waals surface area (Å²) in [4.78, 5) is 0. The second kappa shape index (κ2) is 8.99. The largest absolute Gasteiger partial charge is 0.489 e. The fourth-order valence-corrected chi connectivity index (χ4v) is 4.93. The minimum absolute atomic E-state index is 0.121. The average molecular weight is 511 g/mol. The van der Waals surface area contributed by atoms with Crippen molar-refractivity contribution in [2.24, 2.45) is 5.10 Å². The Morgan fingerprint density at radius 3 is 2.38 bits per heavy atom. The van der Waals surface area contributed by atoms with E-state index in [2.05, 4.69) is 75.5 Å². The van der Waals surface area contributed by atoms with Crippen molar-refractivity contribution in [1.29, 1.82) is 0 Å². The second-order valence-corrected chi connectivity index (χ2v) is 9.42.